The lowest BCUT2D eigenvalue weighted by Gasteiger charge is -2.09. The van der Waals surface area contributed by atoms with Crippen molar-refractivity contribution in [2.75, 3.05) is 11.9 Å². The molecule has 4 heteroatoms. The van der Waals surface area contributed by atoms with Gasteiger partial charge in [0.1, 0.15) is 6.23 Å². The first-order valence-corrected chi connectivity index (χ1v) is 6.98. The molecule has 104 valence electrons. The lowest BCUT2D eigenvalue weighted by molar-refractivity contribution is 0.213. The maximum Gasteiger partial charge on any atom is 0.144 e. The molecule has 1 aliphatic rings. The van der Waals surface area contributed by atoms with E-state index in [2.05, 4.69) is 15.3 Å². The molecule has 1 aromatic heterocycles. The predicted molar refractivity (Wildman–Crippen MR) is 84.9 cm³/mol. The topological polar surface area (TPSA) is 60.4 Å². The summed E-state index contributed by atoms with van der Waals surface area (Å²) in [6.45, 7) is 0.334. The highest BCUT2D eigenvalue weighted by Crippen LogP contribution is 2.31. The molecular weight excluding hydrogens is 262 g/mol. The van der Waals surface area contributed by atoms with Crippen LogP contribution >= 0.6 is 0 Å². The standard InChI is InChI=1S/C17H15N3O/c21-14-10-18-15(11-6-2-1-3-7-11)17-16(20-14)12-8-4-5-9-13(12)19-17/h1-9,14,19-21H,10H2. The Balaban J connectivity index is 1.98. The van der Waals surface area contributed by atoms with Crippen molar-refractivity contribution < 1.29 is 5.11 Å². The molecule has 3 N–H and O–H groups in total. The van der Waals surface area contributed by atoms with Gasteiger partial charge in [0.05, 0.1) is 23.6 Å². The molecule has 21 heavy (non-hydrogen) atoms. The van der Waals surface area contributed by atoms with E-state index in [0.717, 1.165) is 33.6 Å². The average Bonchev–Trinajstić information content (AvgIpc) is 2.79. The Morgan fingerprint density at radius 2 is 1.76 bits per heavy atom. The van der Waals surface area contributed by atoms with Gasteiger partial charge >= 0.3 is 0 Å². The quantitative estimate of drug-likeness (QED) is 0.640. The summed E-state index contributed by atoms with van der Waals surface area (Å²) < 4.78 is 0. The van der Waals surface area contributed by atoms with Gasteiger partial charge in [-0.3, -0.25) is 4.99 Å². The Labute approximate surface area is 122 Å². The fourth-order valence-electron chi connectivity index (χ4n) is 2.77. The van der Waals surface area contributed by atoms with Crippen LogP contribution in [0, 0.1) is 0 Å². The zero-order valence-electron chi connectivity index (χ0n) is 11.4. The van der Waals surface area contributed by atoms with Gasteiger partial charge in [0.2, 0.25) is 0 Å². The van der Waals surface area contributed by atoms with Crippen molar-refractivity contribution in [2.24, 2.45) is 4.99 Å². The van der Waals surface area contributed by atoms with Crippen LogP contribution in [0.15, 0.2) is 59.6 Å². The van der Waals surface area contributed by atoms with E-state index in [4.69, 9.17) is 0 Å². The van der Waals surface area contributed by atoms with Gasteiger partial charge in [0.15, 0.2) is 0 Å². The molecule has 0 radical (unpaired) electrons. The molecule has 0 fully saturated rings. The minimum absolute atomic E-state index is 0.334. The molecule has 1 aliphatic heterocycles. The molecule has 2 heterocycles. The number of anilines is 1. The summed E-state index contributed by atoms with van der Waals surface area (Å²) in [6.07, 6.45) is -0.677. The summed E-state index contributed by atoms with van der Waals surface area (Å²) in [4.78, 5) is 8.00. The number of fused-ring (bicyclic) bond motifs is 3. The largest absolute Gasteiger partial charge is 0.372 e. The number of nitrogens with zero attached hydrogens (tertiary/aromatic N) is 1. The second-order valence-corrected chi connectivity index (χ2v) is 5.14. The third-order valence-corrected chi connectivity index (χ3v) is 3.72. The molecular formula is C17H15N3O. The number of hydrogen-bond donors (Lipinski definition) is 3. The highest BCUT2D eigenvalue weighted by molar-refractivity contribution is 6.19. The first kappa shape index (κ1) is 12.2. The summed E-state index contributed by atoms with van der Waals surface area (Å²) in [5.41, 5.74) is 4.80. The van der Waals surface area contributed by atoms with Gasteiger partial charge in [-0.15, -0.1) is 0 Å². The number of benzene rings is 2. The minimum Gasteiger partial charge on any atom is -0.372 e. The Morgan fingerprint density at radius 3 is 2.62 bits per heavy atom. The second-order valence-electron chi connectivity index (χ2n) is 5.14. The molecule has 4 nitrogen and oxygen atoms in total. The maximum absolute atomic E-state index is 10.0. The van der Waals surface area contributed by atoms with Crippen molar-refractivity contribution >= 4 is 22.3 Å². The zero-order chi connectivity index (χ0) is 14.2. The summed E-state index contributed by atoms with van der Waals surface area (Å²) in [5, 5.41) is 14.3. The lowest BCUT2D eigenvalue weighted by Crippen LogP contribution is -2.20. The summed E-state index contributed by atoms with van der Waals surface area (Å²) in [6, 6.07) is 18.1. The van der Waals surface area contributed by atoms with Crippen molar-refractivity contribution in [3.63, 3.8) is 0 Å². The van der Waals surface area contributed by atoms with Gasteiger partial charge < -0.3 is 15.4 Å². The Bertz CT molecular complexity index is 820. The minimum atomic E-state index is -0.677. The van der Waals surface area contributed by atoms with E-state index in [1.54, 1.807) is 0 Å². The van der Waals surface area contributed by atoms with Gasteiger partial charge in [-0.2, -0.15) is 0 Å². The van der Waals surface area contributed by atoms with Crippen molar-refractivity contribution in [1.29, 1.82) is 0 Å². The first-order chi connectivity index (χ1) is 10.3. The van der Waals surface area contributed by atoms with Crippen molar-refractivity contribution in [3.05, 3.63) is 65.9 Å². The van der Waals surface area contributed by atoms with Gasteiger partial charge in [-0.25, -0.2) is 0 Å². The molecule has 2 aromatic carbocycles. The van der Waals surface area contributed by atoms with Gasteiger partial charge in [0.25, 0.3) is 0 Å². The van der Waals surface area contributed by atoms with Crippen LogP contribution in [0.1, 0.15) is 11.3 Å². The van der Waals surface area contributed by atoms with Crippen LogP contribution in [0.3, 0.4) is 0 Å². The maximum atomic E-state index is 10.0. The molecule has 0 saturated heterocycles. The van der Waals surface area contributed by atoms with E-state index in [1.807, 2.05) is 54.6 Å². The highest BCUT2D eigenvalue weighted by atomic mass is 16.3. The van der Waals surface area contributed by atoms with Crippen molar-refractivity contribution in [3.8, 4) is 0 Å². The van der Waals surface area contributed by atoms with Crippen LogP contribution < -0.4 is 5.32 Å². The molecule has 1 unspecified atom stereocenters. The van der Waals surface area contributed by atoms with E-state index in [1.165, 1.54) is 0 Å². The monoisotopic (exact) mass is 277 g/mol. The second kappa shape index (κ2) is 4.75. The smallest absolute Gasteiger partial charge is 0.144 e. The van der Waals surface area contributed by atoms with Crippen molar-refractivity contribution in [1.82, 2.24) is 4.98 Å². The van der Waals surface area contributed by atoms with E-state index >= 15 is 0 Å². The summed E-state index contributed by atoms with van der Waals surface area (Å²) in [5.74, 6) is 0. The lowest BCUT2D eigenvalue weighted by atomic mass is 10.1. The summed E-state index contributed by atoms with van der Waals surface area (Å²) >= 11 is 0. The Kier molecular flexibility index (Phi) is 2.75. The fourth-order valence-corrected chi connectivity index (χ4v) is 2.77. The number of rotatable bonds is 1. The highest BCUT2D eigenvalue weighted by Gasteiger charge is 2.22. The molecule has 1 atom stereocenters. The normalized spacial score (nSPS) is 17.8. The van der Waals surface area contributed by atoms with Crippen LogP contribution in [-0.2, 0) is 0 Å². The number of aliphatic hydroxyl groups excluding tert-OH is 1. The van der Waals surface area contributed by atoms with Crippen LogP contribution in [0.2, 0.25) is 0 Å². The molecule has 4 rings (SSSR count). The van der Waals surface area contributed by atoms with E-state index in [0.29, 0.717) is 6.54 Å². The van der Waals surface area contributed by atoms with Crippen LogP contribution in [0.5, 0.6) is 0 Å². The first-order valence-electron chi connectivity index (χ1n) is 6.98. The molecule has 0 spiro atoms. The van der Waals surface area contributed by atoms with Crippen LogP contribution in [-0.4, -0.2) is 28.6 Å². The number of aliphatic imine (C=N–C) groups is 1. The average molecular weight is 277 g/mol. The summed E-state index contributed by atoms with van der Waals surface area (Å²) in [7, 11) is 0. The van der Waals surface area contributed by atoms with Crippen LogP contribution in [0.25, 0.3) is 10.9 Å². The number of nitrogens with one attached hydrogen (secondary N) is 2. The Hall–Kier alpha value is -2.59. The van der Waals surface area contributed by atoms with Gasteiger partial charge in [-0.1, -0.05) is 48.5 Å². The predicted octanol–water partition coefficient (Wildman–Crippen LogP) is 2.75. The SMILES string of the molecule is OC1CN=C(c2ccccc2)c2[nH]c3ccccc3c2N1. The number of aliphatic hydroxyl groups is 1. The van der Waals surface area contributed by atoms with E-state index in [-0.39, 0.29) is 0 Å². The van der Waals surface area contributed by atoms with Crippen molar-refractivity contribution in [2.45, 2.75) is 6.23 Å². The van der Waals surface area contributed by atoms with Gasteiger partial charge in [-0.05, 0) is 6.07 Å². The van der Waals surface area contributed by atoms with Crippen LogP contribution in [0.4, 0.5) is 5.69 Å². The number of H-pyrrole nitrogens is 1. The zero-order valence-corrected chi connectivity index (χ0v) is 11.4. The molecule has 0 amide bonds. The van der Waals surface area contributed by atoms with Gasteiger partial charge in [0, 0.05) is 16.5 Å². The number of aromatic nitrogens is 1. The number of para-hydroxylation sites is 1. The fraction of sp³-hybridized carbons (Fsp3) is 0.118. The third kappa shape index (κ3) is 2.00. The van der Waals surface area contributed by atoms with E-state index < -0.39 is 6.23 Å². The molecule has 3 aromatic rings. The van der Waals surface area contributed by atoms with E-state index in [9.17, 15) is 5.11 Å². The molecule has 0 saturated carbocycles. The molecule has 0 aliphatic carbocycles. The number of hydrogen-bond acceptors (Lipinski definition) is 3. The number of aromatic amines is 1. The third-order valence-electron chi connectivity index (χ3n) is 3.72. The molecule has 0 bridgehead atoms. The Morgan fingerprint density at radius 1 is 1.00 bits per heavy atom.